The van der Waals surface area contributed by atoms with E-state index in [9.17, 15) is 9.59 Å². The van der Waals surface area contributed by atoms with Gasteiger partial charge in [0.15, 0.2) is 0 Å². The number of alkyl carbamates (subject to hydrolysis) is 2. The molecule has 0 saturated carbocycles. The van der Waals surface area contributed by atoms with Gasteiger partial charge in [0.1, 0.15) is 11.2 Å². The number of likely N-dealkylation sites (N-methyl/N-ethyl adjacent to an activating group) is 1. The summed E-state index contributed by atoms with van der Waals surface area (Å²) in [6.45, 7) is 12.1. The molecule has 0 bridgehead atoms. The molecule has 0 aromatic rings. The van der Waals surface area contributed by atoms with Crippen LogP contribution in [0.15, 0.2) is 0 Å². The second-order valence-corrected chi connectivity index (χ2v) is 7.73. The van der Waals surface area contributed by atoms with Gasteiger partial charge in [-0.05, 0) is 48.6 Å². The van der Waals surface area contributed by atoms with E-state index in [0.29, 0.717) is 13.1 Å². The Balaban J connectivity index is 2.58. The van der Waals surface area contributed by atoms with Gasteiger partial charge in [0.2, 0.25) is 0 Å². The highest BCUT2D eigenvalue weighted by Gasteiger charge is 2.35. The molecule has 1 aliphatic rings. The summed E-state index contributed by atoms with van der Waals surface area (Å²) in [4.78, 5) is 25.8. The molecular weight excluding hydrogens is 286 g/mol. The summed E-state index contributed by atoms with van der Waals surface area (Å²) in [5.74, 6) is 0. The first-order valence-electron chi connectivity index (χ1n) is 7.53. The van der Waals surface area contributed by atoms with Crippen molar-refractivity contribution in [2.75, 3.05) is 20.1 Å². The molecule has 0 aliphatic carbocycles. The molecule has 1 aliphatic heterocycles. The Labute approximate surface area is 132 Å². The molecule has 2 atom stereocenters. The van der Waals surface area contributed by atoms with Gasteiger partial charge >= 0.3 is 12.2 Å². The third-order valence-electron chi connectivity index (χ3n) is 2.91. The van der Waals surface area contributed by atoms with Crippen molar-refractivity contribution >= 4 is 12.2 Å². The van der Waals surface area contributed by atoms with Gasteiger partial charge in [0.05, 0.1) is 12.1 Å². The minimum atomic E-state index is -0.553. The van der Waals surface area contributed by atoms with Crippen LogP contribution in [0.3, 0.4) is 0 Å². The maximum absolute atomic E-state index is 11.9. The number of hydrogen-bond donors (Lipinski definition) is 2. The Morgan fingerprint density at radius 2 is 1.18 bits per heavy atom. The van der Waals surface area contributed by atoms with Crippen LogP contribution < -0.4 is 10.6 Å². The van der Waals surface area contributed by atoms with Crippen molar-refractivity contribution < 1.29 is 19.1 Å². The molecule has 0 aromatic carbocycles. The Morgan fingerprint density at radius 3 is 1.45 bits per heavy atom. The second kappa shape index (κ2) is 6.73. The molecule has 1 saturated heterocycles. The molecular formula is C15H29N3O4. The van der Waals surface area contributed by atoms with Gasteiger partial charge < -0.3 is 25.0 Å². The van der Waals surface area contributed by atoms with Crippen LogP contribution >= 0.6 is 0 Å². The maximum Gasteiger partial charge on any atom is 0.407 e. The molecule has 0 unspecified atom stereocenters. The van der Waals surface area contributed by atoms with Crippen LogP contribution in [-0.4, -0.2) is 60.5 Å². The van der Waals surface area contributed by atoms with Crippen LogP contribution in [0.5, 0.6) is 0 Å². The molecule has 2 N–H and O–H groups in total. The van der Waals surface area contributed by atoms with E-state index >= 15 is 0 Å². The summed E-state index contributed by atoms with van der Waals surface area (Å²) < 4.78 is 10.5. The van der Waals surface area contributed by atoms with Crippen LogP contribution in [0.1, 0.15) is 41.5 Å². The predicted molar refractivity (Wildman–Crippen MR) is 83.8 cm³/mol. The first-order chi connectivity index (χ1) is 9.85. The van der Waals surface area contributed by atoms with Crippen LogP contribution in [-0.2, 0) is 9.47 Å². The number of rotatable bonds is 2. The molecule has 2 amide bonds. The minimum Gasteiger partial charge on any atom is -0.444 e. The molecule has 0 aromatic heterocycles. The van der Waals surface area contributed by atoms with Gasteiger partial charge in [-0.2, -0.15) is 0 Å². The molecule has 7 nitrogen and oxygen atoms in total. The van der Waals surface area contributed by atoms with Gasteiger partial charge in [-0.25, -0.2) is 9.59 Å². The average Bonchev–Trinajstić information content (AvgIpc) is 2.52. The number of likely N-dealkylation sites (tertiary alicyclic amines) is 1. The highest BCUT2D eigenvalue weighted by molar-refractivity contribution is 5.70. The maximum atomic E-state index is 11.9. The van der Waals surface area contributed by atoms with E-state index in [1.807, 2.05) is 53.5 Å². The van der Waals surface area contributed by atoms with Gasteiger partial charge in [0, 0.05) is 13.1 Å². The van der Waals surface area contributed by atoms with Crippen molar-refractivity contribution in [2.45, 2.75) is 64.8 Å². The third-order valence-corrected chi connectivity index (χ3v) is 2.91. The zero-order valence-corrected chi connectivity index (χ0v) is 14.6. The Kier molecular flexibility index (Phi) is 5.67. The summed E-state index contributed by atoms with van der Waals surface area (Å²) in [6.07, 6.45) is -0.965. The molecule has 7 heteroatoms. The molecule has 128 valence electrons. The average molecular weight is 315 g/mol. The van der Waals surface area contributed by atoms with Crippen LogP contribution in [0.2, 0.25) is 0 Å². The largest absolute Gasteiger partial charge is 0.444 e. The molecule has 0 radical (unpaired) electrons. The van der Waals surface area contributed by atoms with Gasteiger partial charge in [-0.3, -0.25) is 0 Å². The lowest BCUT2D eigenvalue weighted by molar-refractivity contribution is 0.0447. The van der Waals surface area contributed by atoms with Crippen molar-refractivity contribution in [1.29, 1.82) is 0 Å². The van der Waals surface area contributed by atoms with Crippen molar-refractivity contribution in [3.05, 3.63) is 0 Å². The fourth-order valence-corrected chi connectivity index (χ4v) is 2.21. The number of carbonyl (C=O) groups is 2. The summed E-state index contributed by atoms with van der Waals surface area (Å²) >= 11 is 0. The van der Waals surface area contributed by atoms with E-state index in [1.54, 1.807) is 0 Å². The zero-order valence-electron chi connectivity index (χ0n) is 14.6. The van der Waals surface area contributed by atoms with Gasteiger partial charge in [0.25, 0.3) is 0 Å². The highest BCUT2D eigenvalue weighted by Crippen LogP contribution is 2.13. The number of carbonyl (C=O) groups excluding carboxylic acids is 2. The first kappa shape index (κ1) is 18.5. The number of nitrogens with zero attached hydrogens (tertiary/aromatic N) is 1. The first-order valence-corrected chi connectivity index (χ1v) is 7.53. The highest BCUT2D eigenvalue weighted by atomic mass is 16.6. The number of amides is 2. The van der Waals surface area contributed by atoms with Crippen molar-refractivity contribution in [3.63, 3.8) is 0 Å². The van der Waals surface area contributed by atoms with E-state index in [2.05, 4.69) is 10.6 Å². The standard InChI is InChI=1S/C15H29N3O4/c1-14(2,3)21-12(19)16-10-8-18(7)9-11(10)17-13(20)22-15(4,5)6/h10-11H,8-9H2,1-7H3,(H,16,19)(H,17,20)/t10-,11-/m1/s1. The van der Waals surface area contributed by atoms with Crippen molar-refractivity contribution in [3.8, 4) is 0 Å². The predicted octanol–water partition coefficient (Wildman–Crippen LogP) is 1.72. The van der Waals surface area contributed by atoms with Crippen molar-refractivity contribution in [1.82, 2.24) is 15.5 Å². The second-order valence-electron chi connectivity index (χ2n) is 7.73. The normalized spacial score (nSPS) is 23.0. The molecule has 0 spiro atoms. The summed E-state index contributed by atoms with van der Waals surface area (Å²) in [5, 5.41) is 5.62. The van der Waals surface area contributed by atoms with Crippen LogP contribution in [0.25, 0.3) is 0 Å². The lowest BCUT2D eigenvalue weighted by Gasteiger charge is -2.26. The van der Waals surface area contributed by atoms with Crippen molar-refractivity contribution in [2.24, 2.45) is 0 Å². The van der Waals surface area contributed by atoms with E-state index in [4.69, 9.17) is 9.47 Å². The number of nitrogens with one attached hydrogen (secondary N) is 2. The van der Waals surface area contributed by atoms with E-state index in [1.165, 1.54) is 0 Å². The van der Waals surface area contributed by atoms with Crippen LogP contribution in [0, 0.1) is 0 Å². The lowest BCUT2D eigenvalue weighted by atomic mass is 10.1. The molecule has 22 heavy (non-hydrogen) atoms. The summed E-state index contributed by atoms with van der Waals surface area (Å²) in [6, 6.07) is -0.431. The SMILES string of the molecule is CN1C[C@@H](NC(=O)OC(C)(C)C)[C@H](NC(=O)OC(C)(C)C)C1. The quantitative estimate of drug-likeness (QED) is 0.811. The molecule has 1 rings (SSSR count). The van der Waals surface area contributed by atoms with Gasteiger partial charge in [-0.1, -0.05) is 0 Å². The monoisotopic (exact) mass is 315 g/mol. The molecule has 1 fully saturated rings. The minimum absolute atomic E-state index is 0.215. The Hall–Kier alpha value is -1.50. The zero-order chi connectivity index (χ0) is 17.1. The Bertz CT molecular complexity index is 374. The smallest absolute Gasteiger partial charge is 0.407 e. The number of ether oxygens (including phenoxy) is 2. The fraction of sp³-hybridized carbons (Fsp3) is 0.867. The van der Waals surface area contributed by atoms with E-state index in [-0.39, 0.29) is 12.1 Å². The van der Waals surface area contributed by atoms with Gasteiger partial charge in [-0.15, -0.1) is 0 Å². The third kappa shape index (κ3) is 6.98. The lowest BCUT2D eigenvalue weighted by Crippen LogP contribution is -2.52. The summed E-state index contributed by atoms with van der Waals surface area (Å²) in [7, 11) is 1.93. The topological polar surface area (TPSA) is 79.9 Å². The fourth-order valence-electron chi connectivity index (χ4n) is 2.21. The summed E-state index contributed by atoms with van der Waals surface area (Å²) in [5.41, 5.74) is -1.11. The molecule has 1 heterocycles. The van der Waals surface area contributed by atoms with Crippen LogP contribution in [0.4, 0.5) is 9.59 Å². The van der Waals surface area contributed by atoms with E-state index < -0.39 is 23.4 Å². The number of hydrogen-bond acceptors (Lipinski definition) is 5. The van der Waals surface area contributed by atoms with E-state index in [0.717, 1.165) is 0 Å². The Morgan fingerprint density at radius 1 is 0.864 bits per heavy atom.